The van der Waals surface area contributed by atoms with E-state index in [1.54, 1.807) is 39.2 Å². The summed E-state index contributed by atoms with van der Waals surface area (Å²) in [5.74, 6) is 1.84. The summed E-state index contributed by atoms with van der Waals surface area (Å²) in [5.41, 5.74) is 2.07. The van der Waals surface area contributed by atoms with E-state index in [1.807, 2.05) is 24.3 Å². The fourth-order valence-electron chi connectivity index (χ4n) is 4.62. The zero-order chi connectivity index (χ0) is 26.0. The first-order chi connectivity index (χ1) is 17.3. The highest BCUT2D eigenvalue weighted by molar-refractivity contribution is 8.26. The second kappa shape index (κ2) is 10.8. The maximum Gasteiger partial charge on any atom is 0.270 e. The third-order valence-corrected chi connectivity index (χ3v) is 7.97. The third kappa shape index (κ3) is 4.73. The van der Waals surface area contributed by atoms with Crippen LogP contribution in [-0.2, 0) is 18.3 Å². The molecule has 8 nitrogen and oxygen atoms in total. The minimum absolute atomic E-state index is 0.0932. The highest BCUT2D eigenvalue weighted by atomic mass is 32.2. The molecule has 2 aliphatic rings. The van der Waals surface area contributed by atoms with E-state index in [4.69, 9.17) is 21.7 Å². The summed E-state index contributed by atoms with van der Waals surface area (Å²) in [6, 6.07) is 7.72. The zero-order valence-electron chi connectivity index (χ0n) is 20.8. The van der Waals surface area contributed by atoms with Crippen molar-refractivity contribution in [2.45, 2.75) is 26.2 Å². The van der Waals surface area contributed by atoms with Gasteiger partial charge in [0.1, 0.15) is 21.8 Å². The highest BCUT2D eigenvalue weighted by Crippen LogP contribution is 2.36. The van der Waals surface area contributed by atoms with Gasteiger partial charge in [0.25, 0.3) is 11.5 Å². The van der Waals surface area contributed by atoms with Crippen molar-refractivity contribution in [1.29, 1.82) is 5.26 Å². The average Bonchev–Trinajstić information content (AvgIpc) is 3.49. The summed E-state index contributed by atoms with van der Waals surface area (Å²) in [4.78, 5) is 30.4. The highest BCUT2D eigenvalue weighted by Gasteiger charge is 2.33. The topological polar surface area (TPSA) is 87.8 Å². The molecule has 36 heavy (non-hydrogen) atoms. The number of nitriles is 1. The summed E-state index contributed by atoms with van der Waals surface area (Å²) in [5, 5.41) is 9.63. The third-order valence-electron chi connectivity index (χ3n) is 6.59. The number of thioether (sulfide) groups is 1. The molecule has 1 aromatic carbocycles. The summed E-state index contributed by atoms with van der Waals surface area (Å²) in [6.45, 7) is 3.84. The summed E-state index contributed by atoms with van der Waals surface area (Å²) in [7, 11) is 4.86. The molecule has 0 saturated carbocycles. The van der Waals surface area contributed by atoms with Crippen LogP contribution < -0.4 is 19.9 Å². The molecule has 1 aromatic heterocycles. The smallest absolute Gasteiger partial charge is 0.270 e. The Morgan fingerprint density at radius 2 is 1.86 bits per heavy atom. The molecule has 188 valence electrons. The molecule has 10 heteroatoms. The minimum Gasteiger partial charge on any atom is -0.493 e. The molecule has 2 aromatic rings. The first-order valence-corrected chi connectivity index (χ1v) is 12.9. The van der Waals surface area contributed by atoms with Crippen molar-refractivity contribution in [3.63, 3.8) is 0 Å². The zero-order valence-corrected chi connectivity index (χ0v) is 22.4. The fraction of sp³-hybridized carbons (Fsp3) is 0.385. The molecule has 0 N–H and O–H groups in total. The second-order valence-corrected chi connectivity index (χ2v) is 10.4. The Morgan fingerprint density at radius 1 is 1.17 bits per heavy atom. The molecule has 0 radical (unpaired) electrons. The van der Waals surface area contributed by atoms with E-state index in [2.05, 4.69) is 4.90 Å². The number of benzene rings is 1. The Hall–Kier alpha value is -3.29. The Kier molecular flexibility index (Phi) is 7.71. The van der Waals surface area contributed by atoms with Crippen LogP contribution in [0.25, 0.3) is 6.08 Å². The van der Waals surface area contributed by atoms with E-state index in [0.717, 1.165) is 42.9 Å². The van der Waals surface area contributed by atoms with Crippen molar-refractivity contribution >= 4 is 46.1 Å². The van der Waals surface area contributed by atoms with Gasteiger partial charge in [0, 0.05) is 32.2 Å². The minimum atomic E-state index is -0.323. The number of amides is 1. The predicted octanol–water partition coefficient (Wildman–Crippen LogP) is 3.63. The van der Waals surface area contributed by atoms with Crippen LogP contribution in [0.15, 0.2) is 27.9 Å². The molecule has 3 heterocycles. The van der Waals surface area contributed by atoms with E-state index in [1.165, 1.54) is 16.3 Å². The molecule has 2 saturated heterocycles. The lowest BCUT2D eigenvalue weighted by Crippen LogP contribution is -2.31. The van der Waals surface area contributed by atoms with Gasteiger partial charge in [-0.3, -0.25) is 19.1 Å². The number of carbonyl (C=O) groups excluding carboxylic acids is 1. The van der Waals surface area contributed by atoms with Crippen molar-refractivity contribution in [2.24, 2.45) is 7.05 Å². The molecular formula is C26H28N4O4S2. The molecule has 0 spiro atoms. The Morgan fingerprint density at radius 3 is 2.50 bits per heavy atom. The average molecular weight is 525 g/mol. The van der Waals surface area contributed by atoms with Gasteiger partial charge >= 0.3 is 0 Å². The number of anilines is 1. The molecule has 0 atom stereocenters. The molecule has 2 aliphatic heterocycles. The number of thiocarbonyl (C=S) groups is 1. The van der Waals surface area contributed by atoms with Crippen LogP contribution in [0.3, 0.4) is 0 Å². The van der Waals surface area contributed by atoms with Crippen LogP contribution in [0.4, 0.5) is 5.82 Å². The van der Waals surface area contributed by atoms with Crippen molar-refractivity contribution in [2.75, 3.05) is 38.8 Å². The van der Waals surface area contributed by atoms with Crippen LogP contribution >= 0.6 is 24.0 Å². The van der Waals surface area contributed by atoms with Crippen molar-refractivity contribution < 1.29 is 14.3 Å². The number of pyridine rings is 1. The SMILES string of the molecule is COc1ccc(CCN2C(=O)/C(=C/c3c(C)c(C#N)c(=O)n(C)c3N3CCCC3)SC2=S)cc1OC. The first-order valence-electron chi connectivity index (χ1n) is 11.7. The molecule has 0 bridgehead atoms. The van der Waals surface area contributed by atoms with Crippen LogP contribution in [0.1, 0.15) is 35.1 Å². The van der Waals surface area contributed by atoms with Gasteiger partial charge in [0.05, 0.1) is 19.1 Å². The molecule has 2 fully saturated rings. The standard InChI is InChI=1S/C26H28N4O4S2/c1-16-18(23(29-10-5-6-11-29)28(2)24(31)19(16)15-27)14-22-25(32)30(26(35)36-22)12-9-17-7-8-20(33-3)21(13-17)34-4/h7-8,13-14H,5-6,9-12H2,1-4H3/b22-14-. The maximum atomic E-state index is 13.4. The number of rotatable bonds is 7. The lowest BCUT2D eigenvalue weighted by Gasteiger charge is -2.25. The normalized spacial score (nSPS) is 16.7. The van der Waals surface area contributed by atoms with Gasteiger partial charge < -0.3 is 14.4 Å². The van der Waals surface area contributed by atoms with Gasteiger partial charge in [-0.2, -0.15) is 5.26 Å². The number of aromatic nitrogens is 1. The van der Waals surface area contributed by atoms with Crippen LogP contribution in [0, 0.1) is 18.3 Å². The first kappa shape index (κ1) is 25.8. The van der Waals surface area contributed by atoms with Crippen molar-refractivity contribution in [3.05, 3.63) is 55.7 Å². The number of ether oxygens (including phenoxy) is 2. The van der Waals surface area contributed by atoms with Gasteiger partial charge in [-0.05, 0) is 55.5 Å². The second-order valence-electron chi connectivity index (χ2n) is 8.68. The van der Waals surface area contributed by atoms with E-state index in [-0.39, 0.29) is 17.0 Å². The predicted molar refractivity (Wildman–Crippen MR) is 146 cm³/mol. The summed E-state index contributed by atoms with van der Waals surface area (Å²) < 4.78 is 12.7. The van der Waals surface area contributed by atoms with Gasteiger partial charge in [0.15, 0.2) is 11.5 Å². The van der Waals surface area contributed by atoms with E-state index < -0.39 is 0 Å². The van der Waals surface area contributed by atoms with Crippen LogP contribution in [0.5, 0.6) is 11.5 Å². The van der Waals surface area contributed by atoms with E-state index in [0.29, 0.717) is 39.3 Å². The lowest BCUT2D eigenvalue weighted by molar-refractivity contribution is -0.122. The van der Waals surface area contributed by atoms with Crippen molar-refractivity contribution in [3.8, 4) is 17.6 Å². The molecule has 1 amide bonds. The largest absolute Gasteiger partial charge is 0.493 e. The van der Waals surface area contributed by atoms with Crippen molar-refractivity contribution in [1.82, 2.24) is 9.47 Å². The quantitative estimate of drug-likeness (QED) is 0.401. The Balaban J connectivity index is 1.64. The Bertz CT molecular complexity index is 1350. The van der Waals surface area contributed by atoms with Crippen LogP contribution in [0.2, 0.25) is 0 Å². The number of hydrogen-bond donors (Lipinski definition) is 0. The number of hydrogen-bond acceptors (Lipinski definition) is 8. The maximum absolute atomic E-state index is 13.4. The van der Waals surface area contributed by atoms with Crippen LogP contribution in [-0.4, -0.2) is 53.5 Å². The summed E-state index contributed by atoms with van der Waals surface area (Å²) in [6.07, 6.45) is 4.45. The van der Waals surface area contributed by atoms with Gasteiger partial charge in [-0.1, -0.05) is 30.0 Å². The van der Waals surface area contributed by atoms with Gasteiger partial charge in [-0.25, -0.2) is 0 Å². The molecule has 0 unspecified atom stereocenters. The number of methoxy groups -OCH3 is 2. The van der Waals surface area contributed by atoms with E-state index in [9.17, 15) is 14.9 Å². The lowest BCUT2D eigenvalue weighted by atomic mass is 10.0. The van der Waals surface area contributed by atoms with E-state index >= 15 is 0 Å². The van der Waals surface area contributed by atoms with Gasteiger partial charge in [0.2, 0.25) is 0 Å². The summed E-state index contributed by atoms with van der Waals surface area (Å²) >= 11 is 6.79. The number of nitrogens with zero attached hydrogens (tertiary/aromatic N) is 4. The molecular weight excluding hydrogens is 496 g/mol. The molecule has 4 rings (SSSR count). The Labute approximate surface area is 220 Å². The fourth-order valence-corrected chi connectivity index (χ4v) is 5.91. The van der Waals surface area contributed by atoms with Gasteiger partial charge in [-0.15, -0.1) is 0 Å². The monoisotopic (exact) mass is 524 g/mol. The molecule has 0 aliphatic carbocycles. The number of carbonyl (C=O) groups is 1.